The van der Waals surface area contributed by atoms with Gasteiger partial charge in [-0.2, -0.15) is 0 Å². The van der Waals surface area contributed by atoms with Crippen molar-refractivity contribution in [1.82, 2.24) is 9.88 Å². The maximum Gasteiger partial charge on any atom is 0.410 e. The highest BCUT2D eigenvalue weighted by atomic mass is 16.6. The van der Waals surface area contributed by atoms with Crippen LogP contribution >= 0.6 is 0 Å². The first-order valence-electron chi connectivity index (χ1n) is 8.55. The molecule has 0 bridgehead atoms. The fourth-order valence-electron chi connectivity index (χ4n) is 2.47. The summed E-state index contributed by atoms with van der Waals surface area (Å²) in [4.78, 5) is 20.5. The van der Waals surface area contributed by atoms with Crippen LogP contribution in [0.25, 0.3) is 0 Å². The number of ether oxygens (including phenoxy) is 2. The molecule has 0 aromatic carbocycles. The van der Waals surface area contributed by atoms with Crippen LogP contribution in [0.1, 0.15) is 41.5 Å². The van der Waals surface area contributed by atoms with Crippen molar-refractivity contribution in [3.8, 4) is 5.75 Å². The van der Waals surface area contributed by atoms with Crippen LogP contribution in [0.4, 0.5) is 10.6 Å². The number of anilines is 1. The first-order valence-corrected chi connectivity index (χ1v) is 8.55. The number of carbonyl (C=O) groups is 1. The molecule has 0 N–H and O–H groups in total. The summed E-state index contributed by atoms with van der Waals surface area (Å²) in [7, 11) is 1.64. The van der Waals surface area contributed by atoms with Gasteiger partial charge in [-0.05, 0) is 33.8 Å². The van der Waals surface area contributed by atoms with E-state index in [1.807, 2.05) is 46.8 Å². The molecule has 1 aromatic heterocycles. The van der Waals surface area contributed by atoms with Crippen molar-refractivity contribution in [3.63, 3.8) is 0 Å². The van der Waals surface area contributed by atoms with Crippen LogP contribution in [0.5, 0.6) is 5.75 Å². The van der Waals surface area contributed by atoms with E-state index >= 15 is 0 Å². The molecule has 1 saturated heterocycles. The summed E-state index contributed by atoms with van der Waals surface area (Å²) < 4.78 is 10.7. The number of rotatable bonds is 2. The van der Waals surface area contributed by atoms with Gasteiger partial charge in [-0.25, -0.2) is 9.78 Å². The number of hydrogen-bond donors (Lipinski definition) is 0. The van der Waals surface area contributed by atoms with Gasteiger partial charge in [0.25, 0.3) is 0 Å². The monoisotopic (exact) mass is 337 g/mol. The quantitative estimate of drug-likeness (QED) is 0.826. The Morgan fingerprint density at radius 3 is 2.50 bits per heavy atom. The second-order valence-electron chi connectivity index (χ2n) is 6.52. The number of piperazine rings is 1. The van der Waals surface area contributed by atoms with Gasteiger partial charge in [0.05, 0.1) is 7.11 Å². The maximum absolute atomic E-state index is 12.2. The van der Waals surface area contributed by atoms with Crippen molar-refractivity contribution in [1.29, 1.82) is 0 Å². The lowest BCUT2D eigenvalue weighted by Gasteiger charge is -2.40. The molecular weight excluding hydrogens is 306 g/mol. The lowest BCUT2D eigenvalue weighted by Crippen LogP contribution is -2.54. The predicted molar refractivity (Wildman–Crippen MR) is 96.8 cm³/mol. The highest BCUT2D eigenvalue weighted by Crippen LogP contribution is 2.23. The van der Waals surface area contributed by atoms with Crippen molar-refractivity contribution in [2.75, 3.05) is 31.6 Å². The second kappa shape index (κ2) is 8.76. The first-order chi connectivity index (χ1) is 11.3. The van der Waals surface area contributed by atoms with Crippen LogP contribution < -0.4 is 9.64 Å². The molecule has 1 atom stereocenters. The van der Waals surface area contributed by atoms with Crippen LogP contribution in [0.3, 0.4) is 0 Å². The Kier molecular flexibility index (Phi) is 7.32. The molecule has 1 aliphatic heterocycles. The van der Waals surface area contributed by atoms with E-state index in [9.17, 15) is 4.79 Å². The third-order valence-corrected chi connectivity index (χ3v) is 3.53. The minimum atomic E-state index is -0.466. The topological polar surface area (TPSA) is 54.9 Å². The Bertz CT molecular complexity index is 528. The Morgan fingerprint density at radius 2 is 1.96 bits per heavy atom. The Hall–Kier alpha value is -1.98. The SMILES string of the molecule is CC.COc1ccnc(N2CCN(C(=O)OC(C)(C)C)CC2C)c1. The number of aromatic nitrogens is 1. The van der Waals surface area contributed by atoms with Crippen molar-refractivity contribution in [2.45, 2.75) is 53.2 Å². The third kappa shape index (κ3) is 5.58. The lowest BCUT2D eigenvalue weighted by atomic mass is 10.2. The van der Waals surface area contributed by atoms with E-state index in [1.54, 1.807) is 18.2 Å². The summed E-state index contributed by atoms with van der Waals surface area (Å²) in [5, 5.41) is 0. The number of hydrogen-bond acceptors (Lipinski definition) is 5. The van der Waals surface area contributed by atoms with E-state index in [2.05, 4.69) is 16.8 Å². The molecule has 24 heavy (non-hydrogen) atoms. The summed E-state index contributed by atoms with van der Waals surface area (Å²) in [5.41, 5.74) is -0.466. The Labute approximate surface area is 145 Å². The zero-order valence-corrected chi connectivity index (χ0v) is 16.0. The normalized spacial score (nSPS) is 17.7. The Balaban J connectivity index is 0.00000139. The zero-order chi connectivity index (χ0) is 18.3. The molecule has 0 aliphatic carbocycles. The lowest BCUT2D eigenvalue weighted by molar-refractivity contribution is 0.0218. The third-order valence-electron chi connectivity index (χ3n) is 3.53. The van der Waals surface area contributed by atoms with Crippen LogP contribution in [-0.2, 0) is 4.74 Å². The highest BCUT2D eigenvalue weighted by molar-refractivity contribution is 5.68. The summed E-state index contributed by atoms with van der Waals surface area (Å²) in [6, 6.07) is 3.91. The molecule has 6 heteroatoms. The van der Waals surface area contributed by atoms with Crippen molar-refractivity contribution >= 4 is 11.9 Å². The standard InChI is InChI=1S/C16H25N3O3.C2H6/c1-12-11-18(15(20)22-16(2,3)4)8-9-19(12)14-10-13(21-5)6-7-17-14;1-2/h6-7,10,12H,8-9,11H2,1-5H3;1-2H3. The average molecular weight is 337 g/mol. The molecule has 1 fully saturated rings. The smallest absolute Gasteiger partial charge is 0.410 e. The van der Waals surface area contributed by atoms with Crippen LogP contribution in [0.2, 0.25) is 0 Å². The first kappa shape index (κ1) is 20.1. The number of amides is 1. The minimum absolute atomic E-state index is 0.167. The molecule has 0 saturated carbocycles. The summed E-state index contributed by atoms with van der Waals surface area (Å²) in [6.45, 7) is 13.7. The van der Waals surface area contributed by atoms with Crippen LogP contribution in [-0.4, -0.2) is 54.4 Å². The van der Waals surface area contributed by atoms with Crippen LogP contribution in [0, 0.1) is 0 Å². The van der Waals surface area contributed by atoms with Gasteiger partial charge < -0.3 is 19.3 Å². The predicted octanol–water partition coefficient (Wildman–Crippen LogP) is 3.56. The zero-order valence-electron chi connectivity index (χ0n) is 16.0. The molecule has 1 aliphatic rings. The van der Waals surface area contributed by atoms with Gasteiger partial charge in [0.15, 0.2) is 0 Å². The number of methoxy groups -OCH3 is 1. The fourth-order valence-corrected chi connectivity index (χ4v) is 2.47. The van der Waals surface area contributed by atoms with Crippen molar-refractivity contribution in [2.24, 2.45) is 0 Å². The number of pyridine rings is 1. The van der Waals surface area contributed by atoms with Crippen molar-refractivity contribution < 1.29 is 14.3 Å². The second-order valence-corrected chi connectivity index (χ2v) is 6.52. The Morgan fingerprint density at radius 1 is 1.29 bits per heavy atom. The minimum Gasteiger partial charge on any atom is -0.497 e. The van der Waals surface area contributed by atoms with Gasteiger partial charge in [-0.1, -0.05) is 13.8 Å². The molecule has 136 valence electrons. The molecular formula is C18H31N3O3. The van der Waals surface area contributed by atoms with E-state index in [-0.39, 0.29) is 12.1 Å². The molecule has 2 rings (SSSR count). The molecule has 1 amide bonds. The fraction of sp³-hybridized carbons (Fsp3) is 0.667. The van der Waals surface area contributed by atoms with Gasteiger partial charge in [-0.15, -0.1) is 0 Å². The number of carbonyl (C=O) groups excluding carboxylic acids is 1. The van der Waals surface area contributed by atoms with E-state index in [0.29, 0.717) is 13.1 Å². The van der Waals surface area contributed by atoms with E-state index in [1.165, 1.54) is 0 Å². The van der Waals surface area contributed by atoms with Gasteiger partial charge in [0, 0.05) is 37.9 Å². The highest BCUT2D eigenvalue weighted by Gasteiger charge is 2.30. The molecule has 2 heterocycles. The number of nitrogens with zero attached hydrogens (tertiary/aromatic N) is 3. The molecule has 0 radical (unpaired) electrons. The van der Waals surface area contributed by atoms with Gasteiger partial charge in [0.1, 0.15) is 17.2 Å². The maximum atomic E-state index is 12.2. The van der Waals surface area contributed by atoms with Gasteiger partial charge in [0.2, 0.25) is 0 Å². The average Bonchev–Trinajstić information content (AvgIpc) is 2.55. The van der Waals surface area contributed by atoms with E-state index in [4.69, 9.17) is 9.47 Å². The van der Waals surface area contributed by atoms with Gasteiger partial charge >= 0.3 is 6.09 Å². The van der Waals surface area contributed by atoms with Crippen LogP contribution in [0.15, 0.2) is 18.3 Å². The molecule has 1 unspecified atom stereocenters. The molecule has 6 nitrogen and oxygen atoms in total. The van der Waals surface area contributed by atoms with E-state index in [0.717, 1.165) is 18.1 Å². The molecule has 1 aromatic rings. The summed E-state index contributed by atoms with van der Waals surface area (Å²) in [6.07, 6.45) is 1.49. The van der Waals surface area contributed by atoms with Crippen molar-refractivity contribution in [3.05, 3.63) is 18.3 Å². The largest absolute Gasteiger partial charge is 0.497 e. The van der Waals surface area contributed by atoms with Gasteiger partial charge in [-0.3, -0.25) is 0 Å². The van der Waals surface area contributed by atoms with E-state index < -0.39 is 5.60 Å². The summed E-state index contributed by atoms with van der Waals surface area (Å²) >= 11 is 0. The molecule has 0 spiro atoms. The summed E-state index contributed by atoms with van der Waals surface area (Å²) in [5.74, 6) is 1.66.